The zero-order valence-electron chi connectivity index (χ0n) is 9.84. The largest absolute Gasteiger partial charge is 0.358 e. The third-order valence-corrected chi connectivity index (χ3v) is 2.88. The van der Waals surface area contributed by atoms with Crippen LogP contribution in [-0.2, 0) is 6.42 Å². The van der Waals surface area contributed by atoms with Crippen LogP contribution in [0, 0.1) is 0 Å². The van der Waals surface area contributed by atoms with Crippen LogP contribution in [0.25, 0.3) is 10.9 Å². The van der Waals surface area contributed by atoms with Gasteiger partial charge in [0.15, 0.2) is 5.78 Å². The van der Waals surface area contributed by atoms with Crippen LogP contribution >= 0.6 is 0 Å². The highest BCUT2D eigenvalue weighted by Gasteiger charge is 2.15. The quantitative estimate of drug-likeness (QED) is 0.775. The number of ketones is 1. The fourth-order valence-electron chi connectivity index (χ4n) is 2.13. The molecule has 1 aromatic carbocycles. The van der Waals surface area contributed by atoms with E-state index in [-0.39, 0.29) is 5.78 Å². The number of hydrogen-bond acceptors (Lipinski definition) is 1. The van der Waals surface area contributed by atoms with Crippen molar-refractivity contribution in [1.29, 1.82) is 0 Å². The minimum Gasteiger partial charge on any atom is -0.358 e. The van der Waals surface area contributed by atoms with Gasteiger partial charge in [-0.3, -0.25) is 4.79 Å². The molecule has 0 aliphatic heterocycles. The zero-order valence-corrected chi connectivity index (χ0v) is 9.84. The van der Waals surface area contributed by atoms with Gasteiger partial charge in [0.05, 0.1) is 0 Å². The van der Waals surface area contributed by atoms with Crippen LogP contribution in [0.1, 0.15) is 42.7 Å². The van der Waals surface area contributed by atoms with E-state index in [1.807, 2.05) is 31.2 Å². The highest BCUT2D eigenvalue weighted by atomic mass is 16.1. The third kappa shape index (κ3) is 1.75. The zero-order chi connectivity index (χ0) is 11.5. The summed E-state index contributed by atoms with van der Waals surface area (Å²) < 4.78 is 0. The Morgan fingerprint density at radius 3 is 2.69 bits per heavy atom. The number of carbonyl (C=O) groups excluding carboxylic acids is 1. The highest BCUT2D eigenvalue weighted by Crippen LogP contribution is 2.24. The van der Waals surface area contributed by atoms with Crippen LogP contribution in [0.3, 0.4) is 0 Å². The van der Waals surface area contributed by atoms with E-state index in [1.54, 1.807) is 0 Å². The molecule has 2 rings (SSSR count). The van der Waals surface area contributed by atoms with Crippen molar-refractivity contribution >= 4 is 16.7 Å². The average Bonchev–Trinajstić information content (AvgIpc) is 2.66. The van der Waals surface area contributed by atoms with Gasteiger partial charge in [0.25, 0.3) is 0 Å². The summed E-state index contributed by atoms with van der Waals surface area (Å²) in [6.07, 6.45) is 2.56. The summed E-state index contributed by atoms with van der Waals surface area (Å²) in [5.74, 6) is 0.237. The van der Waals surface area contributed by atoms with Crippen LogP contribution in [0.2, 0.25) is 0 Å². The number of aromatic nitrogens is 1. The SMILES string of the molecule is CCCc1[nH]c2ccccc2c1C(=O)CC. The van der Waals surface area contributed by atoms with Crippen molar-refractivity contribution in [3.05, 3.63) is 35.5 Å². The van der Waals surface area contributed by atoms with Gasteiger partial charge in [0, 0.05) is 28.6 Å². The number of fused-ring (bicyclic) bond motifs is 1. The van der Waals surface area contributed by atoms with Crippen molar-refractivity contribution < 1.29 is 4.79 Å². The van der Waals surface area contributed by atoms with Crippen LogP contribution in [-0.4, -0.2) is 10.8 Å². The fourth-order valence-corrected chi connectivity index (χ4v) is 2.13. The van der Waals surface area contributed by atoms with Gasteiger partial charge in [-0.05, 0) is 12.5 Å². The molecule has 2 aromatic rings. The van der Waals surface area contributed by atoms with Gasteiger partial charge in [-0.1, -0.05) is 38.5 Å². The number of rotatable bonds is 4. The Balaban J connectivity index is 2.64. The minimum absolute atomic E-state index is 0.237. The number of Topliss-reactive ketones (excluding diaryl/α,β-unsaturated/α-hetero) is 1. The van der Waals surface area contributed by atoms with E-state index < -0.39 is 0 Å². The molecule has 0 saturated carbocycles. The monoisotopic (exact) mass is 215 g/mol. The average molecular weight is 215 g/mol. The number of carbonyl (C=O) groups is 1. The summed E-state index contributed by atoms with van der Waals surface area (Å²) >= 11 is 0. The summed E-state index contributed by atoms with van der Waals surface area (Å²) in [7, 11) is 0. The van der Waals surface area contributed by atoms with Crippen LogP contribution in [0.5, 0.6) is 0 Å². The Morgan fingerprint density at radius 1 is 1.25 bits per heavy atom. The molecule has 0 bridgehead atoms. The smallest absolute Gasteiger partial charge is 0.165 e. The van der Waals surface area contributed by atoms with Gasteiger partial charge in [-0.25, -0.2) is 0 Å². The predicted molar refractivity (Wildman–Crippen MR) is 66.9 cm³/mol. The van der Waals surface area contributed by atoms with Gasteiger partial charge >= 0.3 is 0 Å². The lowest BCUT2D eigenvalue weighted by atomic mass is 10.0. The molecule has 0 atom stereocenters. The lowest BCUT2D eigenvalue weighted by Gasteiger charge is -2.00. The van der Waals surface area contributed by atoms with Gasteiger partial charge in [0.2, 0.25) is 0 Å². The number of para-hydroxylation sites is 1. The normalized spacial score (nSPS) is 10.9. The Bertz CT molecular complexity index is 510. The van der Waals surface area contributed by atoms with E-state index in [0.29, 0.717) is 6.42 Å². The second-order valence-electron chi connectivity index (χ2n) is 4.05. The fraction of sp³-hybridized carbons (Fsp3) is 0.357. The molecule has 0 spiro atoms. The number of aromatic amines is 1. The molecular formula is C14H17NO. The first-order valence-corrected chi connectivity index (χ1v) is 5.90. The van der Waals surface area contributed by atoms with Crippen LogP contribution in [0.15, 0.2) is 24.3 Å². The molecule has 0 unspecified atom stereocenters. The van der Waals surface area contributed by atoms with Crippen LogP contribution in [0.4, 0.5) is 0 Å². The molecule has 2 heteroatoms. The van der Waals surface area contributed by atoms with Gasteiger partial charge < -0.3 is 4.98 Å². The standard InChI is InChI=1S/C14H17NO/c1-3-7-12-14(13(16)4-2)10-8-5-6-9-11(10)15-12/h5-6,8-9,15H,3-4,7H2,1-2H3. The first kappa shape index (κ1) is 10.9. The first-order chi connectivity index (χ1) is 7.77. The molecule has 0 amide bonds. The number of benzene rings is 1. The molecule has 0 fully saturated rings. The minimum atomic E-state index is 0.237. The summed E-state index contributed by atoms with van der Waals surface area (Å²) in [4.78, 5) is 15.3. The van der Waals surface area contributed by atoms with Crippen LogP contribution < -0.4 is 0 Å². The summed E-state index contributed by atoms with van der Waals surface area (Å²) in [5.41, 5.74) is 3.07. The molecule has 1 aromatic heterocycles. The lowest BCUT2D eigenvalue weighted by Crippen LogP contribution is -2.00. The first-order valence-electron chi connectivity index (χ1n) is 5.90. The Labute approximate surface area is 95.7 Å². The molecule has 1 N–H and O–H groups in total. The number of H-pyrrole nitrogens is 1. The van der Waals surface area contributed by atoms with E-state index >= 15 is 0 Å². The summed E-state index contributed by atoms with van der Waals surface area (Å²) in [5, 5.41) is 1.07. The molecular weight excluding hydrogens is 198 g/mol. The molecule has 1 heterocycles. The van der Waals surface area contributed by atoms with E-state index in [4.69, 9.17) is 0 Å². The number of nitrogens with one attached hydrogen (secondary N) is 1. The molecule has 0 aliphatic rings. The topological polar surface area (TPSA) is 32.9 Å². The van der Waals surface area contributed by atoms with Gasteiger partial charge in [-0.15, -0.1) is 0 Å². The molecule has 0 aliphatic carbocycles. The maximum Gasteiger partial charge on any atom is 0.165 e. The van der Waals surface area contributed by atoms with Gasteiger partial charge in [0.1, 0.15) is 0 Å². The van der Waals surface area contributed by atoms with Crippen molar-refractivity contribution in [1.82, 2.24) is 4.98 Å². The number of hydrogen-bond donors (Lipinski definition) is 1. The highest BCUT2D eigenvalue weighted by molar-refractivity contribution is 6.09. The van der Waals surface area contributed by atoms with Crippen molar-refractivity contribution in [3.8, 4) is 0 Å². The predicted octanol–water partition coefficient (Wildman–Crippen LogP) is 3.71. The Morgan fingerprint density at radius 2 is 2.00 bits per heavy atom. The van der Waals surface area contributed by atoms with Crippen molar-refractivity contribution in [2.24, 2.45) is 0 Å². The molecule has 84 valence electrons. The molecule has 0 radical (unpaired) electrons. The molecule has 2 nitrogen and oxygen atoms in total. The molecule has 16 heavy (non-hydrogen) atoms. The maximum absolute atomic E-state index is 12.0. The lowest BCUT2D eigenvalue weighted by molar-refractivity contribution is 0.0989. The number of aryl methyl sites for hydroxylation is 1. The second-order valence-corrected chi connectivity index (χ2v) is 4.05. The van der Waals surface area contributed by atoms with E-state index in [1.165, 1.54) is 0 Å². The second kappa shape index (κ2) is 4.52. The Hall–Kier alpha value is -1.57. The van der Waals surface area contributed by atoms with Gasteiger partial charge in [-0.2, -0.15) is 0 Å². The molecule has 0 saturated heterocycles. The van der Waals surface area contributed by atoms with Crippen molar-refractivity contribution in [2.75, 3.05) is 0 Å². The third-order valence-electron chi connectivity index (χ3n) is 2.88. The maximum atomic E-state index is 12.0. The van der Waals surface area contributed by atoms with Crippen molar-refractivity contribution in [3.63, 3.8) is 0 Å². The van der Waals surface area contributed by atoms with Crippen molar-refractivity contribution in [2.45, 2.75) is 33.1 Å². The van der Waals surface area contributed by atoms with E-state index in [9.17, 15) is 4.79 Å². The Kier molecular flexibility index (Phi) is 3.09. The van der Waals surface area contributed by atoms with E-state index in [2.05, 4.69) is 11.9 Å². The van der Waals surface area contributed by atoms with E-state index in [0.717, 1.165) is 35.0 Å². The summed E-state index contributed by atoms with van der Waals surface area (Å²) in [6, 6.07) is 8.03. The summed E-state index contributed by atoms with van der Waals surface area (Å²) in [6.45, 7) is 4.05.